The molecule has 0 bridgehead atoms. The fourth-order valence-corrected chi connectivity index (χ4v) is 3.90. The van der Waals surface area contributed by atoms with Gasteiger partial charge in [-0.3, -0.25) is 4.79 Å². The van der Waals surface area contributed by atoms with E-state index in [1.54, 1.807) is 7.11 Å². The third-order valence-electron chi connectivity index (χ3n) is 3.91. The van der Waals surface area contributed by atoms with Gasteiger partial charge < -0.3 is 14.2 Å². The second-order valence-corrected chi connectivity index (χ2v) is 7.51. The van der Waals surface area contributed by atoms with Crippen LogP contribution in [-0.2, 0) is 19.0 Å². The standard InChI is InChI=1S/C19H22N2O5S2/c1-11(16(25-4)8-17(23)26-5)15(24-3)7-6-13-9-27-19(20-13)14-10-28-18(21-14)12(2)22/h6-11,15H,1-5H3/t11-,15+/m1/s1. The number of thiazole rings is 2. The lowest BCUT2D eigenvalue weighted by atomic mass is 10.0. The fourth-order valence-electron chi connectivity index (χ4n) is 2.37. The van der Waals surface area contributed by atoms with E-state index in [9.17, 15) is 9.59 Å². The van der Waals surface area contributed by atoms with Gasteiger partial charge in [0, 0.05) is 30.7 Å². The zero-order valence-electron chi connectivity index (χ0n) is 16.3. The number of nitrogens with zero attached hydrogens (tertiary/aromatic N) is 2. The van der Waals surface area contributed by atoms with Crippen LogP contribution in [0.1, 0.15) is 29.3 Å². The fraction of sp³-hybridized carbons (Fsp3) is 0.368. The molecule has 0 aliphatic rings. The van der Waals surface area contributed by atoms with Crippen LogP contribution in [0, 0.1) is 5.92 Å². The van der Waals surface area contributed by atoms with Gasteiger partial charge in [-0.1, -0.05) is 13.0 Å². The Morgan fingerprint density at radius 1 is 1.11 bits per heavy atom. The zero-order chi connectivity index (χ0) is 20.7. The summed E-state index contributed by atoms with van der Waals surface area (Å²) in [4.78, 5) is 31.7. The average Bonchev–Trinajstić information content (AvgIpc) is 3.35. The first-order valence-corrected chi connectivity index (χ1v) is 10.1. The van der Waals surface area contributed by atoms with E-state index in [0.717, 1.165) is 10.7 Å². The molecule has 2 aromatic rings. The third kappa shape index (κ3) is 5.57. The number of ether oxygens (including phenoxy) is 3. The average molecular weight is 423 g/mol. The first-order chi connectivity index (χ1) is 13.4. The molecular weight excluding hydrogens is 400 g/mol. The summed E-state index contributed by atoms with van der Waals surface area (Å²) in [5.74, 6) is -0.291. The van der Waals surface area contributed by atoms with E-state index in [0.29, 0.717) is 16.5 Å². The summed E-state index contributed by atoms with van der Waals surface area (Å²) in [6, 6.07) is 0. The van der Waals surface area contributed by atoms with Crippen molar-refractivity contribution in [2.24, 2.45) is 5.92 Å². The quantitative estimate of drug-likeness (QED) is 0.263. The van der Waals surface area contributed by atoms with Crippen molar-refractivity contribution in [2.45, 2.75) is 20.0 Å². The first-order valence-electron chi connectivity index (χ1n) is 8.36. The number of aromatic nitrogens is 2. The number of Topliss-reactive ketones (excluding diaryl/α,β-unsaturated/α-hetero) is 1. The topological polar surface area (TPSA) is 87.6 Å². The van der Waals surface area contributed by atoms with Gasteiger partial charge in [-0.25, -0.2) is 14.8 Å². The van der Waals surface area contributed by atoms with Crippen LogP contribution in [0.4, 0.5) is 0 Å². The Kier molecular flexibility index (Phi) is 8.04. The summed E-state index contributed by atoms with van der Waals surface area (Å²) >= 11 is 2.76. The maximum Gasteiger partial charge on any atom is 0.333 e. The highest BCUT2D eigenvalue weighted by atomic mass is 32.1. The summed E-state index contributed by atoms with van der Waals surface area (Å²) in [5.41, 5.74) is 1.45. The number of rotatable bonds is 9. The third-order valence-corrected chi connectivity index (χ3v) is 5.74. The van der Waals surface area contributed by atoms with Crippen LogP contribution < -0.4 is 0 Å². The molecule has 0 radical (unpaired) electrons. The van der Waals surface area contributed by atoms with E-state index in [1.165, 1.54) is 49.9 Å². The lowest BCUT2D eigenvalue weighted by Crippen LogP contribution is -2.21. The molecular formula is C19H22N2O5S2. The summed E-state index contributed by atoms with van der Waals surface area (Å²) < 4.78 is 15.5. The molecule has 0 unspecified atom stereocenters. The molecule has 2 rings (SSSR count). The Labute approximate surface area is 171 Å². The van der Waals surface area contributed by atoms with Crippen molar-refractivity contribution in [2.75, 3.05) is 21.3 Å². The van der Waals surface area contributed by atoms with E-state index >= 15 is 0 Å². The number of carbonyl (C=O) groups excluding carboxylic acids is 2. The van der Waals surface area contributed by atoms with Crippen molar-refractivity contribution in [3.63, 3.8) is 0 Å². The van der Waals surface area contributed by atoms with E-state index in [4.69, 9.17) is 9.47 Å². The van der Waals surface area contributed by atoms with Gasteiger partial charge >= 0.3 is 5.97 Å². The zero-order valence-corrected chi connectivity index (χ0v) is 17.9. The number of hydrogen-bond donors (Lipinski definition) is 0. The minimum atomic E-state index is -0.486. The maximum atomic E-state index is 11.5. The molecule has 2 atom stereocenters. The summed E-state index contributed by atoms with van der Waals surface area (Å²) in [5, 5.41) is 4.94. The highest BCUT2D eigenvalue weighted by Crippen LogP contribution is 2.26. The number of esters is 1. The van der Waals surface area contributed by atoms with Gasteiger partial charge in [0.1, 0.15) is 16.5 Å². The van der Waals surface area contributed by atoms with Gasteiger partial charge in [0.05, 0.1) is 32.1 Å². The lowest BCUT2D eigenvalue weighted by molar-refractivity contribution is -0.135. The molecule has 9 heteroatoms. The Morgan fingerprint density at radius 2 is 1.86 bits per heavy atom. The van der Waals surface area contributed by atoms with Crippen molar-refractivity contribution in [3.05, 3.63) is 39.4 Å². The molecule has 0 aliphatic heterocycles. The predicted octanol–water partition coefficient (Wildman–Crippen LogP) is 3.84. The Hall–Kier alpha value is -2.36. The van der Waals surface area contributed by atoms with Crippen molar-refractivity contribution in [3.8, 4) is 10.7 Å². The van der Waals surface area contributed by atoms with Gasteiger partial charge in [0.2, 0.25) is 0 Å². The first kappa shape index (κ1) is 21.9. The number of methoxy groups -OCH3 is 3. The predicted molar refractivity (Wildman–Crippen MR) is 109 cm³/mol. The van der Waals surface area contributed by atoms with Gasteiger partial charge in [-0.05, 0) is 6.08 Å². The molecule has 7 nitrogen and oxygen atoms in total. The number of ketones is 1. The van der Waals surface area contributed by atoms with Crippen LogP contribution in [0.2, 0.25) is 0 Å². The Balaban J connectivity index is 2.14. The normalized spacial score (nSPS) is 14.1. The molecule has 150 valence electrons. The van der Waals surface area contributed by atoms with Gasteiger partial charge in [0.25, 0.3) is 0 Å². The monoisotopic (exact) mass is 422 g/mol. The molecule has 0 N–H and O–H groups in total. The largest absolute Gasteiger partial charge is 0.500 e. The minimum Gasteiger partial charge on any atom is -0.500 e. The van der Waals surface area contributed by atoms with Crippen molar-refractivity contribution in [1.82, 2.24) is 9.97 Å². The molecule has 0 saturated heterocycles. The highest BCUT2D eigenvalue weighted by Gasteiger charge is 2.20. The van der Waals surface area contributed by atoms with Crippen molar-refractivity contribution < 1.29 is 23.8 Å². The van der Waals surface area contributed by atoms with E-state index in [2.05, 4.69) is 14.7 Å². The van der Waals surface area contributed by atoms with Crippen LogP contribution in [0.5, 0.6) is 0 Å². The Morgan fingerprint density at radius 3 is 2.43 bits per heavy atom. The number of hydrogen-bond acceptors (Lipinski definition) is 9. The van der Waals surface area contributed by atoms with Crippen LogP contribution in [-0.4, -0.2) is 49.2 Å². The molecule has 0 amide bonds. The second-order valence-electron chi connectivity index (χ2n) is 5.79. The Bertz CT molecular complexity index is 885. The molecule has 0 saturated carbocycles. The van der Waals surface area contributed by atoms with Crippen LogP contribution >= 0.6 is 22.7 Å². The highest BCUT2D eigenvalue weighted by molar-refractivity contribution is 7.14. The molecule has 2 heterocycles. The van der Waals surface area contributed by atoms with Crippen LogP contribution in [0.25, 0.3) is 16.8 Å². The number of carbonyl (C=O) groups is 2. The molecule has 0 fully saturated rings. The van der Waals surface area contributed by atoms with E-state index in [-0.39, 0.29) is 17.8 Å². The lowest BCUT2D eigenvalue weighted by Gasteiger charge is -2.21. The maximum absolute atomic E-state index is 11.5. The second kappa shape index (κ2) is 10.3. The molecule has 2 aromatic heterocycles. The molecule has 0 aliphatic carbocycles. The van der Waals surface area contributed by atoms with Crippen molar-refractivity contribution in [1.29, 1.82) is 0 Å². The van der Waals surface area contributed by atoms with Crippen molar-refractivity contribution >= 4 is 40.5 Å². The smallest absolute Gasteiger partial charge is 0.333 e. The van der Waals surface area contributed by atoms with Gasteiger partial charge in [-0.15, -0.1) is 22.7 Å². The van der Waals surface area contributed by atoms with Crippen LogP contribution in [0.15, 0.2) is 28.7 Å². The molecule has 28 heavy (non-hydrogen) atoms. The van der Waals surface area contributed by atoms with E-state index in [1.807, 2.05) is 29.8 Å². The summed E-state index contributed by atoms with van der Waals surface area (Å²) in [6.07, 6.45) is 4.68. The van der Waals surface area contributed by atoms with E-state index < -0.39 is 5.97 Å². The minimum absolute atomic E-state index is 0.0567. The van der Waals surface area contributed by atoms with Gasteiger partial charge in [-0.2, -0.15) is 0 Å². The molecule has 0 spiro atoms. The van der Waals surface area contributed by atoms with Gasteiger partial charge in [0.15, 0.2) is 10.8 Å². The SMILES string of the molecule is COC(=O)C=C(OC)[C@H](C)[C@H](C=Cc1csc(-c2csc(C(C)=O)n2)n1)OC. The summed E-state index contributed by atoms with van der Waals surface area (Å²) in [6.45, 7) is 3.38. The summed E-state index contributed by atoms with van der Waals surface area (Å²) in [7, 11) is 4.39. The van der Waals surface area contributed by atoms with Crippen LogP contribution in [0.3, 0.4) is 0 Å². The molecule has 0 aromatic carbocycles.